The Balaban J connectivity index is 2.20. The quantitative estimate of drug-likeness (QED) is 0.615. The van der Waals surface area contributed by atoms with Crippen LogP contribution in [0.2, 0.25) is 0 Å². The molecule has 1 aromatic rings. The molecule has 0 aliphatic carbocycles. The summed E-state index contributed by atoms with van der Waals surface area (Å²) in [5.41, 5.74) is 0.708. The second-order valence-corrected chi connectivity index (χ2v) is 5.39. The van der Waals surface area contributed by atoms with Gasteiger partial charge in [0.05, 0.1) is 24.4 Å². The van der Waals surface area contributed by atoms with Crippen molar-refractivity contribution in [3.8, 4) is 11.5 Å². The molecule has 1 aliphatic rings. The fourth-order valence-corrected chi connectivity index (χ4v) is 2.39. The SMILES string of the molecule is CCCOc1c(Br)cc(/C=N\N2CC(=O)NC2=O)cc1OC. The van der Waals surface area contributed by atoms with Gasteiger partial charge in [0.25, 0.3) is 0 Å². The molecule has 0 aromatic heterocycles. The fraction of sp³-hybridized carbons (Fsp3) is 0.357. The average molecular weight is 370 g/mol. The number of urea groups is 1. The number of carbonyl (C=O) groups is 2. The van der Waals surface area contributed by atoms with Crippen molar-refractivity contribution >= 4 is 34.1 Å². The van der Waals surface area contributed by atoms with Crippen LogP contribution in [0.3, 0.4) is 0 Å². The Labute approximate surface area is 136 Å². The number of nitrogens with one attached hydrogen (secondary N) is 1. The first kappa shape index (κ1) is 16.3. The molecule has 8 heteroatoms. The molecule has 1 aromatic carbocycles. The smallest absolute Gasteiger partial charge is 0.344 e. The molecule has 0 unspecified atom stereocenters. The van der Waals surface area contributed by atoms with Crippen LogP contribution in [0.1, 0.15) is 18.9 Å². The number of hydrogen-bond acceptors (Lipinski definition) is 5. The number of ether oxygens (including phenoxy) is 2. The van der Waals surface area contributed by atoms with Crippen molar-refractivity contribution in [2.45, 2.75) is 13.3 Å². The van der Waals surface area contributed by atoms with Gasteiger partial charge in [0.15, 0.2) is 11.5 Å². The monoisotopic (exact) mass is 369 g/mol. The number of benzene rings is 1. The summed E-state index contributed by atoms with van der Waals surface area (Å²) in [6, 6.07) is 3.01. The largest absolute Gasteiger partial charge is 0.493 e. The summed E-state index contributed by atoms with van der Waals surface area (Å²) in [5.74, 6) is 0.811. The molecule has 118 valence electrons. The molecular formula is C14H16BrN3O4. The van der Waals surface area contributed by atoms with Gasteiger partial charge >= 0.3 is 6.03 Å². The molecule has 1 fully saturated rings. The lowest BCUT2D eigenvalue weighted by molar-refractivity contribution is -0.118. The first-order valence-electron chi connectivity index (χ1n) is 6.70. The number of hydrazone groups is 1. The fourth-order valence-electron chi connectivity index (χ4n) is 1.82. The summed E-state index contributed by atoms with van der Waals surface area (Å²) in [6.07, 6.45) is 2.37. The second kappa shape index (κ2) is 7.26. The highest BCUT2D eigenvalue weighted by Crippen LogP contribution is 2.36. The molecule has 22 heavy (non-hydrogen) atoms. The van der Waals surface area contributed by atoms with Crippen molar-refractivity contribution in [2.75, 3.05) is 20.3 Å². The third-order valence-electron chi connectivity index (χ3n) is 2.82. The molecule has 3 amide bonds. The molecule has 7 nitrogen and oxygen atoms in total. The average Bonchev–Trinajstić information content (AvgIpc) is 2.81. The van der Waals surface area contributed by atoms with E-state index < -0.39 is 6.03 Å². The molecular weight excluding hydrogens is 354 g/mol. The molecule has 2 rings (SSSR count). The van der Waals surface area contributed by atoms with Gasteiger partial charge in [-0.1, -0.05) is 6.92 Å². The van der Waals surface area contributed by atoms with Gasteiger partial charge < -0.3 is 9.47 Å². The molecule has 0 spiro atoms. The number of carbonyl (C=O) groups excluding carboxylic acids is 2. The second-order valence-electron chi connectivity index (χ2n) is 4.54. The van der Waals surface area contributed by atoms with E-state index >= 15 is 0 Å². The van der Waals surface area contributed by atoms with E-state index in [1.165, 1.54) is 6.21 Å². The standard InChI is InChI=1S/C14H16BrN3O4/c1-3-4-22-13-10(15)5-9(6-11(13)21-2)7-16-18-8-12(19)17-14(18)20/h5-7H,3-4,8H2,1-2H3,(H,17,19,20)/b16-7-. The predicted octanol–water partition coefficient (Wildman–Crippen LogP) is 2.13. The number of amides is 3. The van der Waals surface area contributed by atoms with Gasteiger partial charge in [-0.3, -0.25) is 10.1 Å². The van der Waals surface area contributed by atoms with Crippen molar-refractivity contribution in [3.63, 3.8) is 0 Å². The van der Waals surface area contributed by atoms with Gasteiger partial charge in [-0.15, -0.1) is 0 Å². The number of hydrogen-bond donors (Lipinski definition) is 1. The Kier molecular flexibility index (Phi) is 5.37. The Morgan fingerprint density at radius 1 is 1.45 bits per heavy atom. The van der Waals surface area contributed by atoms with Gasteiger partial charge in [-0.05, 0) is 40.0 Å². The summed E-state index contributed by atoms with van der Waals surface area (Å²) in [5, 5.41) is 7.20. The lowest BCUT2D eigenvalue weighted by Crippen LogP contribution is -2.24. The first-order valence-corrected chi connectivity index (χ1v) is 7.50. The van der Waals surface area contributed by atoms with E-state index in [4.69, 9.17) is 9.47 Å². The summed E-state index contributed by atoms with van der Waals surface area (Å²) >= 11 is 3.43. The highest BCUT2D eigenvalue weighted by atomic mass is 79.9. The Bertz CT molecular complexity index is 618. The normalized spacial score (nSPS) is 14.6. The number of imide groups is 1. The Morgan fingerprint density at radius 3 is 2.82 bits per heavy atom. The van der Waals surface area contributed by atoms with Crippen LogP contribution in [0.25, 0.3) is 0 Å². The summed E-state index contributed by atoms with van der Waals surface area (Å²) in [7, 11) is 1.55. The van der Waals surface area contributed by atoms with Gasteiger partial charge in [0, 0.05) is 0 Å². The lowest BCUT2D eigenvalue weighted by Gasteiger charge is -2.13. The van der Waals surface area contributed by atoms with Gasteiger partial charge in [0.1, 0.15) is 6.54 Å². The van der Waals surface area contributed by atoms with Gasteiger partial charge in [-0.25, -0.2) is 9.80 Å². The molecule has 0 radical (unpaired) electrons. The van der Waals surface area contributed by atoms with Crippen molar-refractivity contribution in [3.05, 3.63) is 22.2 Å². The molecule has 0 bridgehead atoms. The summed E-state index contributed by atoms with van der Waals surface area (Å²) in [6.45, 7) is 2.52. The van der Waals surface area contributed by atoms with Crippen LogP contribution in [-0.4, -0.2) is 43.4 Å². The van der Waals surface area contributed by atoms with Crippen LogP contribution in [0.4, 0.5) is 4.79 Å². The van der Waals surface area contributed by atoms with E-state index in [9.17, 15) is 9.59 Å². The zero-order chi connectivity index (χ0) is 16.1. The Morgan fingerprint density at radius 2 is 2.23 bits per heavy atom. The van der Waals surface area contributed by atoms with Crippen molar-refractivity contribution in [1.82, 2.24) is 10.3 Å². The van der Waals surface area contributed by atoms with E-state index in [2.05, 4.69) is 26.3 Å². The van der Waals surface area contributed by atoms with E-state index in [0.29, 0.717) is 23.7 Å². The highest BCUT2D eigenvalue weighted by Gasteiger charge is 2.25. The molecule has 1 N–H and O–H groups in total. The van der Waals surface area contributed by atoms with E-state index in [1.807, 2.05) is 6.92 Å². The molecule has 1 heterocycles. The van der Waals surface area contributed by atoms with Crippen molar-refractivity contribution in [2.24, 2.45) is 5.10 Å². The van der Waals surface area contributed by atoms with Gasteiger partial charge in [-0.2, -0.15) is 5.10 Å². The Hall–Kier alpha value is -2.09. The van der Waals surface area contributed by atoms with Crippen LogP contribution in [-0.2, 0) is 4.79 Å². The van der Waals surface area contributed by atoms with Crippen LogP contribution in [0, 0.1) is 0 Å². The maximum Gasteiger partial charge on any atom is 0.344 e. The van der Waals surface area contributed by atoms with Crippen LogP contribution >= 0.6 is 15.9 Å². The zero-order valence-corrected chi connectivity index (χ0v) is 13.8. The van der Waals surface area contributed by atoms with E-state index in [0.717, 1.165) is 15.9 Å². The van der Waals surface area contributed by atoms with Crippen LogP contribution in [0.15, 0.2) is 21.7 Å². The van der Waals surface area contributed by atoms with Crippen molar-refractivity contribution < 1.29 is 19.1 Å². The highest BCUT2D eigenvalue weighted by molar-refractivity contribution is 9.10. The minimum Gasteiger partial charge on any atom is -0.493 e. The van der Waals surface area contributed by atoms with Crippen LogP contribution in [0.5, 0.6) is 11.5 Å². The predicted molar refractivity (Wildman–Crippen MR) is 84.3 cm³/mol. The lowest BCUT2D eigenvalue weighted by atomic mass is 10.2. The van der Waals surface area contributed by atoms with E-state index in [1.54, 1.807) is 19.2 Å². The van der Waals surface area contributed by atoms with Gasteiger partial charge in [0.2, 0.25) is 5.91 Å². The minimum absolute atomic E-state index is 0.0780. The minimum atomic E-state index is -0.532. The summed E-state index contributed by atoms with van der Waals surface area (Å²) < 4.78 is 11.7. The summed E-state index contributed by atoms with van der Waals surface area (Å²) in [4.78, 5) is 22.5. The first-order chi connectivity index (χ1) is 10.5. The maximum atomic E-state index is 11.4. The molecule has 1 saturated heterocycles. The zero-order valence-electron chi connectivity index (χ0n) is 12.3. The van der Waals surface area contributed by atoms with Crippen molar-refractivity contribution in [1.29, 1.82) is 0 Å². The number of rotatable bonds is 6. The van der Waals surface area contributed by atoms with E-state index in [-0.39, 0.29) is 12.5 Å². The third-order valence-corrected chi connectivity index (χ3v) is 3.41. The number of nitrogens with zero attached hydrogens (tertiary/aromatic N) is 2. The number of halogens is 1. The molecule has 1 aliphatic heterocycles. The molecule has 0 atom stereocenters. The number of methoxy groups -OCH3 is 1. The van der Waals surface area contributed by atoms with Crippen LogP contribution < -0.4 is 14.8 Å². The topological polar surface area (TPSA) is 80.2 Å². The molecule has 0 saturated carbocycles. The maximum absolute atomic E-state index is 11.4. The third kappa shape index (κ3) is 3.76.